The Morgan fingerprint density at radius 3 is 2.21 bits per heavy atom. The van der Waals surface area contributed by atoms with Crippen molar-refractivity contribution in [2.45, 2.75) is 57.0 Å². The van der Waals surface area contributed by atoms with E-state index in [2.05, 4.69) is 52.5 Å². The van der Waals surface area contributed by atoms with E-state index in [9.17, 15) is 37.2 Å². The van der Waals surface area contributed by atoms with E-state index in [1.807, 2.05) is 18.2 Å². The van der Waals surface area contributed by atoms with Gasteiger partial charge in [0.15, 0.2) is 5.78 Å². The van der Waals surface area contributed by atoms with Crippen LogP contribution in [0.5, 0.6) is 0 Å². The topological polar surface area (TPSA) is 266 Å². The van der Waals surface area contributed by atoms with E-state index in [1.165, 1.54) is 10.4 Å². The molecule has 21 nitrogen and oxygen atoms in total. The minimum absolute atomic E-state index is 0.0155. The summed E-state index contributed by atoms with van der Waals surface area (Å²) in [6.07, 6.45) is 4.14. The smallest absolute Gasteiger partial charge is 0.264 e. The molecule has 1 aliphatic carbocycles. The van der Waals surface area contributed by atoms with E-state index >= 15 is 0 Å². The molecule has 67 heavy (non-hydrogen) atoms. The van der Waals surface area contributed by atoms with Crippen LogP contribution in [0.15, 0.2) is 47.1 Å². The van der Waals surface area contributed by atoms with Gasteiger partial charge < -0.3 is 40.2 Å². The number of ketones is 1. The molecule has 7 rings (SSSR count). The number of rotatable bonds is 25. The largest absolute Gasteiger partial charge is 0.382 e. The number of anilines is 4. The van der Waals surface area contributed by atoms with Crippen molar-refractivity contribution < 1.29 is 56.1 Å². The molecular weight excluding hydrogens is 959 g/mol. The fourth-order valence-corrected chi connectivity index (χ4v) is 9.79. The predicted molar refractivity (Wildman–Crippen MR) is 247 cm³/mol. The van der Waals surface area contributed by atoms with Crippen molar-refractivity contribution in [2.75, 3.05) is 101 Å². The van der Waals surface area contributed by atoms with Crippen LogP contribution in [-0.4, -0.2) is 160 Å². The van der Waals surface area contributed by atoms with Gasteiger partial charge in [0.25, 0.3) is 11.8 Å². The molecule has 0 saturated carbocycles. The third-order valence-corrected chi connectivity index (χ3v) is 14.0. The van der Waals surface area contributed by atoms with Gasteiger partial charge in [-0.2, -0.15) is 4.98 Å². The molecular formula is C44H54BrN9O12S. The van der Waals surface area contributed by atoms with Crippen LogP contribution < -0.4 is 26.6 Å². The lowest BCUT2D eigenvalue weighted by atomic mass is 10.0. The highest BCUT2D eigenvalue weighted by Crippen LogP contribution is 2.34. The number of piperidine rings is 2. The molecule has 4 heterocycles. The maximum absolute atomic E-state index is 13.2. The van der Waals surface area contributed by atoms with Crippen LogP contribution >= 0.6 is 15.9 Å². The Balaban J connectivity index is 0.672. The zero-order chi connectivity index (χ0) is 47.3. The number of hydrogen-bond donors (Lipinski definition) is 5. The summed E-state index contributed by atoms with van der Waals surface area (Å²) >= 11 is 3.49. The molecule has 23 heteroatoms. The zero-order valence-corrected chi connectivity index (χ0v) is 39.2. The summed E-state index contributed by atoms with van der Waals surface area (Å²) in [4.78, 5) is 84.8. The van der Waals surface area contributed by atoms with Crippen LogP contribution in [0.2, 0.25) is 0 Å². The number of fused-ring (bicyclic) bond motifs is 2. The van der Waals surface area contributed by atoms with Crippen molar-refractivity contribution in [3.05, 3.63) is 69.3 Å². The molecule has 1 unspecified atom stereocenters. The van der Waals surface area contributed by atoms with E-state index in [-0.39, 0.29) is 73.6 Å². The number of hydrogen-bond acceptors (Lipinski definition) is 17. The summed E-state index contributed by atoms with van der Waals surface area (Å²) < 4.78 is 50.2. The SMILES string of the molecule is O=C(CCOCCOCCOCCOCCNc1cccc2c1C(=O)N(C1CCC(=O)NC1=O)C2=O)NCCS(=O)(=O)N1CCC(Nc2ncc(Br)c(Nc3cccc4c3C(=O)CC4)n2)CC1. The molecule has 5 N–H and O–H groups in total. The Kier molecular flexibility index (Phi) is 17.4. The molecule has 1 atom stereocenters. The highest BCUT2D eigenvalue weighted by atomic mass is 79.9. The van der Waals surface area contributed by atoms with Crippen molar-refractivity contribution in [3.63, 3.8) is 0 Å². The first-order valence-corrected chi connectivity index (χ1v) is 24.6. The van der Waals surface area contributed by atoms with Gasteiger partial charge in [0, 0.05) is 68.9 Å². The van der Waals surface area contributed by atoms with Crippen molar-refractivity contribution in [1.82, 2.24) is 29.8 Å². The Bertz CT molecular complexity index is 2440. The first kappa shape index (κ1) is 49.5. The Morgan fingerprint density at radius 1 is 0.791 bits per heavy atom. The lowest BCUT2D eigenvalue weighted by Crippen LogP contribution is -2.54. The third kappa shape index (κ3) is 13.0. The molecule has 360 valence electrons. The number of nitrogens with zero attached hydrogens (tertiary/aromatic N) is 4. The van der Waals surface area contributed by atoms with E-state index in [1.54, 1.807) is 18.3 Å². The highest BCUT2D eigenvalue weighted by molar-refractivity contribution is 9.10. The van der Waals surface area contributed by atoms with Crippen LogP contribution in [0, 0.1) is 0 Å². The molecule has 2 fully saturated rings. The number of carbonyl (C=O) groups excluding carboxylic acids is 6. The normalized spacial score (nSPS) is 17.7. The zero-order valence-electron chi connectivity index (χ0n) is 36.8. The van der Waals surface area contributed by atoms with Gasteiger partial charge in [-0.05, 0) is 65.4 Å². The third-order valence-electron chi connectivity index (χ3n) is 11.5. The average molecular weight is 1010 g/mol. The second-order valence-electron chi connectivity index (χ2n) is 16.1. The summed E-state index contributed by atoms with van der Waals surface area (Å²) in [7, 11) is -3.59. The number of benzene rings is 2. The summed E-state index contributed by atoms with van der Waals surface area (Å²) in [5.41, 5.74) is 3.22. The van der Waals surface area contributed by atoms with Crippen molar-refractivity contribution in [1.29, 1.82) is 0 Å². The maximum Gasteiger partial charge on any atom is 0.264 e. The maximum atomic E-state index is 13.2. The Hall–Kier alpha value is -5.43. The molecule has 0 spiro atoms. The van der Waals surface area contributed by atoms with E-state index < -0.39 is 39.7 Å². The number of Topliss-reactive ketones (excluding diaryl/α,β-unsaturated/α-hetero) is 1. The summed E-state index contributed by atoms with van der Waals surface area (Å²) in [6.45, 7) is 3.28. The van der Waals surface area contributed by atoms with E-state index in [4.69, 9.17) is 18.9 Å². The average Bonchev–Trinajstić information content (AvgIpc) is 3.82. The fraction of sp³-hybridized carbons (Fsp3) is 0.500. The van der Waals surface area contributed by atoms with Gasteiger partial charge in [0.05, 0.1) is 79.9 Å². The van der Waals surface area contributed by atoms with Crippen LogP contribution in [0.25, 0.3) is 0 Å². The number of carbonyl (C=O) groups is 6. The lowest BCUT2D eigenvalue weighted by molar-refractivity contribution is -0.136. The van der Waals surface area contributed by atoms with E-state index in [0.29, 0.717) is 112 Å². The molecule has 0 radical (unpaired) electrons. The van der Waals surface area contributed by atoms with Crippen molar-refractivity contribution in [2.24, 2.45) is 0 Å². The first-order valence-electron chi connectivity index (χ1n) is 22.2. The minimum atomic E-state index is -3.59. The number of imide groups is 2. The Morgan fingerprint density at radius 2 is 1.48 bits per heavy atom. The molecule has 3 aliphatic heterocycles. The fourth-order valence-electron chi connectivity index (χ4n) is 8.11. The number of sulfonamides is 1. The highest BCUT2D eigenvalue weighted by Gasteiger charge is 2.45. The van der Waals surface area contributed by atoms with Crippen LogP contribution in [0.4, 0.5) is 23.1 Å². The van der Waals surface area contributed by atoms with Crippen LogP contribution in [-0.2, 0) is 49.8 Å². The summed E-state index contributed by atoms with van der Waals surface area (Å²) in [5.74, 6) is -1.78. The standard InChI is InChI=1S/C44H54BrN9O12S/c45-31-27-48-44(52-40(31)50-33-6-1-3-28-7-9-35(55)38(28)33)49-29-11-16-53(17-12-29)67(61,62)26-15-47-36(56)13-18-63-20-22-65-24-25-66-23-21-64-19-14-46-32-5-2-4-30-39(32)43(60)54(42(30)59)34-8-10-37(57)51-41(34)58/h1-6,27,29,34,46H,7-26H2,(H,47,56)(H,51,57,58)(H2,48,49,50,52). The number of halogens is 1. The van der Waals surface area contributed by atoms with E-state index in [0.717, 1.165) is 16.9 Å². The molecule has 2 aromatic carbocycles. The van der Waals surface area contributed by atoms with Gasteiger partial charge >= 0.3 is 0 Å². The van der Waals surface area contributed by atoms with Gasteiger partial charge in [-0.25, -0.2) is 17.7 Å². The number of aromatic nitrogens is 2. The molecule has 0 bridgehead atoms. The van der Waals surface area contributed by atoms with Gasteiger partial charge in [-0.15, -0.1) is 0 Å². The quantitative estimate of drug-likeness (QED) is 0.0603. The van der Waals surface area contributed by atoms with Gasteiger partial charge in [-0.3, -0.25) is 39.0 Å². The Labute approximate surface area is 396 Å². The molecule has 4 aliphatic rings. The molecule has 2 saturated heterocycles. The van der Waals surface area contributed by atoms with Gasteiger partial charge in [0.1, 0.15) is 11.9 Å². The predicted octanol–water partition coefficient (Wildman–Crippen LogP) is 2.40. The molecule has 1 aromatic heterocycles. The second-order valence-corrected chi connectivity index (χ2v) is 19.0. The number of aryl methyl sites for hydroxylation is 1. The summed E-state index contributed by atoms with van der Waals surface area (Å²) in [6, 6.07) is 9.49. The van der Waals surface area contributed by atoms with Gasteiger partial charge in [0.2, 0.25) is 33.7 Å². The van der Waals surface area contributed by atoms with Crippen molar-refractivity contribution in [3.8, 4) is 0 Å². The summed E-state index contributed by atoms with van der Waals surface area (Å²) in [5, 5.41) is 14.5. The van der Waals surface area contributed by atoms with Crippen LogP contribution in [0.1, 0.15) is 75.2 Å². The number of nitrogens with one attached hydrogen (secondary N) is 5. The number of ether oxygens (including phenoxy) is 4. The van der Waals surface area contributed by atoms with Crippen LogP contribution in [0.3, 0.4) is 0 Å². The van der Waals surface area contributed by atoms with Crippen molar-refractivity contribution >= 4 is 84.4 Å². The number of amides is 5. The minimum Gasteiger partial charge on any atom is -0.382 e. The van der Waals surface area contributed by atoms with Gasteiger partial charge in [-0.1, -0.05) is 18.2 Å². The monoisotopic (exact) mass is 1010 g/mol. The second kappa shape index (κ2) is 23.5. The molecule has 3 aromatic rings. The lowest BCUT2D eigenvalue weighted by Gasteiger charge is -2.31. The molecule has 5 amide bonds. The first-order chi connectivity index (χ1) is 32.4.